The number of nitrogens with zero attached hydrogens (tertiary/aromatic N) is 2. The summed E-state index contributed by atoms with van der Waals surface area (Å²) in [4.78, 5) is 19.0. The van der Waals surface area contributed by atoms with Gasteiger partial charge in [0.05, 0.1) is 17.3 Å². The fraction of sp³-hybridized carbons (Fsp3) is 0.182. The van der Waals surface area contributed by atoms with Crippen molar-refractivity contribution in [1.82, 2.24) is 4.98 Å². The Bertz CT molecular complexity index is 977. The molecule has 0 bridgehead atoms. The van der Waals surface area contributed by atoms with E-state index in [1.165, 1.54) is 11.3 Å². The molecule has 2 aromatic carbocycles. The molecule has 3 rings (SSSR count). The third-order valence-electron chi connectivity index (χ3n) is 4.06. The van der Waals surface area contributed by atoms with Crippen LogP contribution in [0.5, 0.6) is 11.5 Å². The number of ether oxygens (including phenoxy) is 2. The van der Waals surface area contributed by atoms with Crippen LogP contribution < -0.4 is 14.4 Å². The third kappa shape index (κ3) is 4.40. The molecule has 0 N–H and O–H groups in total. The summed E-state index contributed by atoms with van der Waals surface area (Å²) in [6.07, 6.45) is 4.99. The van der Waals surface area contributed by atoms with Crippen LogP contribution in [0.1, 0.15) is 12.5 Å². The molecule has 0 saturated carbocycles. The van der Waals surface area contributed by atoms with E-state index in [0.29, 0.717) is 29.8 Å². The summed E-state index contributed by atoms with van der Waals surface area (Å²) >= 11 is 1.51. The van der Waals surface area contributed by atoms with Crippen LogP contribution in [0.3, 0.4) is 0 Å². The van der Waals surface area contributed by atoms with Crippen molar-refractivity contribution in [1.29, 1.82) is 0 Å². The van der Waals surface area contributed by atoms with E-state index in [4.69, 9.17) is 9.47 Å². The van der Waals surface area contributed by atoms with Gasteiger partial charge in [0.1, 0.15) is 6.61 Å². The highest BCUT2D eigenvalue weighted by molar-refractivity contribution is 7.22. The summed E-state index contributed by atoms with van der Waals surface area (Å²) in [7, 11) is 1.58. The number of rotatable bonds is 8. The van der Waals surface area contributed by atoms with E-state index in [9.17, 15) is 4.79 Å². The average molecular weight is 394 g/mol. The fourth-order valence-corrected chi connectivity index (χ4v) is 3.71. The molecule has 0 radical (unpaired) electrons. The maximum absolute atomic E-state index is 12.7. The number of fused-ring (bicyclic) bond motifs is 1. The number of hydrogen-bond acceptors (Lipinski definition) is 5. The average Bonchev–Trinajstić information content (AvgIpc) is 3.15. The monoisotopic (exact) mass is 394 g/mol. The molecule has 1 aromatic heterocycles. The number of methoxy groups -OCH3 is 1. The molecule has 3 aromatic rings. The van der Waals surface area contributed by atoms with Crippen molar-refractivity contribution < 1.29 is 14.3 Å². The minimum atomic E-state index is -0.118. The van der Waals surface area contributed by atoms with Gasteiger partial charge in [0.2, 0.25) is 0 Å². The summed E-state index contributed by atoms with van der Waals surface area (Å²) < 4.78 is 12.0. The lowest BCUT2D eigenvalue weighted by Crippen LogP contribution is -2.28. The van der Waals surface area contributed by atoms with E-state index in [1.54, 1.807) is 30.2 Å². The van der Waals surface area contributed by atoms with Crippen molar-refractivity contribution in [2.24, 2.45) is 0 Å². The molecule has 28 heavy (non-hydrogen) atoms. The van der Waals surface area contributed by atoms with Gasteiger partial charge in [0.25, 0.3) is 5.91 Å². The molecule has 6 heteroatoms. The summed E-state index contributed by atoms with van der Waals surface area (Å²) in [6.45, 7) is 6.52. The highest BCUT2D eigenvalue weighted by Gasteiger charge is 2.15. The summed E-state index contributed by atoms with van der Waals surface area (Å²) in [6, 6.07) is 13.4. The van der Waals surface area contributed by atoms with Crippen LogP contribution in [0.15, 0.2) is 61.2 Å². The number of para-hydroxylation sites is 1. The van der Waals surface area contributed by atoms with Gasteiger partial charge < -0.3 is 9.47 Å². The molecule has 0 saturated heterocycles. The number of hydrogen-bond donors (Lipinski definition) is 0. The number of benzene rings is 2. The predicted octanol–water partition coefficient (Wildman–Crippen LogP) is 4.94. The van der Waals surface area contributed by atoms with E-state index in [2.05, 4.69) is 11.6 Å². The van der Waals surface area contributed by atoms with Crippen molar-refractivity contribution in [2.75, 3.05) is 25.2 Å². The Hall–Kier alpha value is -3.12. The maximum atomic E-state index is 12.7. The molecule has 0 unspecified atom stereocenters. The van der Waals surface area contributed by atoms with E-state index < -0.39 is 0 Å². The van der Waals surface area contributed by atoms with Gasteiger partial charge in [-0.15, -0.1) is 0 Å². The zero-order valence-electron chi connectivity index (χ0n) is 15.9. The first-order chi connectivity index (χ1) is 13.7. The minimum absolute atomic E-state index is 0.118. The predicted molar refractivity (Wildman–Crippen MR) is 115 cm³/mol. The molecule has 0 spiro atoms. The number of amides is 1. The van der Waals surface area contributed by atoms with Crippen LogP contribution in [-0.2, 0) is 4.79 Å². The summed E-state index contributed by atoms with van der Waals surface area (Å²) in [5, 5.41) is 0.698. The quantitative estimate of drug-likeness (QED) is 0.401. The zero-order chi connectivity index (χ0) is 19.9. The Kier molecular flexibility index (Phi) is 6.45. The van der Waals surface area contributed by atoms with Gasteiger partial charge in [-0.25, -0.2) is 4.98 Å². The first-order valence-corrected chi connectivity index (χ1v) is 9.74. The molecule has 0 aliphatic heterocycles. The van der Waals surface area contributed by atoms with Crippen molar-refractivity contribution in [3.8, 4) is 11.5 Å². The van der Waals surface area contributed by atoms with Gasteiger partial charge in [0, 0.05) is 12.6 Å². The molecular formula is C22H22N2O3S. The van der Waals surface area contributed by atoms with E-state index in [-0.39, 0.29) is 5.91 Å². The molecule has 5 nitrogen and oxygen atoms in total. The van der Waals surface area contributed by atoms with Crippen LogP contribution in [0.4, 0.5) is 5.13 Å². The summed E-state index contributed by atoms with van der Waals surface area (Å²) in [5.41, 5.74) is 1.74. The van der Waals surface area contributed by atoms with Crippen molar-refractivity contribution >= 4 is 38.7 Å². The van der Waals surface area contributed by atoms with Crippen LogP contribution in [0.25, 0.3) is 16.3 Å². The van der Waals surface area contributed by atoms with Gasteiger partial charge in [0.15, 0.2) is 16.6 Å². The molecule has 1 heterocycles. The molecule has 0 aliphatic rings. The van der Waals surface area contributed by atoms with E-state index in [0.717, 1.165) is 15.8 Å². The molecule has 1 amide bonds. The lowest BCUT2D eigenvalue weighted by molar-refractivity contribution is -0.114. The lowest BCUT2D eigenvalue weighted by atomic mass is 10.2. The lowest BCUT2D eigenvalue weighted by Gasteiger charge is -2.15. The van der Waals surface area contributed by atoms with Crippen molar-refractivity contribution in [3.63, 3.8) is 0 Å². The Morgan fingerprint density at radius 3 is 2.79 bits per heavy atom. The molecule has 0 aliphatic carbocycles. The fourth-order valence-electron chi connectivity index (χ4n) is 2.67. The SMILES string of the molecule is C=CCOc1ccc(/C=C/C(=O)N(CC)c2nc3ccccc3s2)cc1OC. The van der Waals surface area contributed by atoms with Gasteiger partial charge in [-0.3, -0.25) is 9.69 Å². The minimum Gasteiger partial charge on any atom is -0.493 e. The standard InChI is InChI=1S/C22H22N2O3S/c1-4-14-27-18-12-10-16(15-19(18)26-3)11-13-21(25)24(5-2)22-23-17-8-6-7-9-20(17)28-22/h4,6-13,15H,1,5,14H2,2-3H3/b13-11+. The Labute approximate surface area is 168 Å². The number of carbonyl (C=O) groups excluding carboxylic acids is 1. The number of thiazole rings is 1. The summed E-state index contributed by atoms with van der Waals surface area (Å²) in [5.74, 6) is 1.12. The number of aromatic nitrogens is 1. The normalized spacial score (nSPS) is 10.9. The van der Waals surface area contributed by atoms with Crippen molar-refractivity contribution in [3.05, 3.63) is 66.8 Å². The molecule has 0 atom stereocenters. The maximum Gasteiger partial charge on any atom is 0.252 e. The van der Waals surface area contributed by atoms with Crippen LogP contribution in [0.2, 0.25) is 0 Å². The largest absolute Gasteiger partial charge is 0.493 e. The number of carbonyl (C=O) groups is 1. The first kappa shape index (κ1) is 19.6. The van der Waals surface area contributed by atoms with Gasteiger partial charge in [-0.2, -0.15) is 0 Å². The van der Waals surface area contributed by atoms with E-state index >= 15 is 0 Å². The van der Waals surface area contributed by atoms with Crippen LogP contribution in [-0.4, -0.2) is 31.2 Å². The van der Waals surface area contributed by atoms with Gasteiger partial charge in [-0.1, -0.05) is 42.2 Å². The van der Waals surface area contributed by atoms with Crippen LogP contribution in [0, 0.1) is 0 Å². The number of likely N-dealkylation sites (N-methyl/N-ethyl adjacent to an activating group) is 1. The first-order valence-electron chi connectivity index (χ1n) is 8.93. The Morgan fingerprint density at radius 2 is 2.07 bits per heavy atom. The highest BCUT2D eigenvalue weighted by atomic mass is 32.1. The van der Waals surface area contributed by atoms with Crippen molar-refractivity contribution in [2.45, 2.75) is 6.92 Å². The Balaban J connectivity index is 1.78. The second kappa shape index (κ2) is 9.19. The van der Waals surface area contributed by atoms with Gasteiger partial charge >= 0.3 is 0 Å². The Morgan fingerprint density at radius 1 is 1.25 bits per heavy atom. The number of anilines is 1. The second-order valence-corrected chi connectivity index (χ2v) is 6.90. The third-order valence-corrected chi connectivity index (χ3v) is 5.12. The van der Waals surface area contributed by atoms with E-state index in [1.807, 2.05) is 49.4 Å². The van der Waals surface area contributed by atoms with Crippen LogP contribution >= 0.6 is 11.3 Å². The second-order valence-electron chi connectivity index (χ2n) is 5.89. The highest BCUT2D eigenvalue weighted by Crippen LogP contribution is 2.30. The molecule has 0 fully saturated rings. The smallest absolute Gasteiger partial charge is 0.252 e. The molecule has 144 valence electrons. The topological polar surface area (TPSA) is 51.7 Å². The zero-order valence-corrected chi connectivity index (χ0v) is 16.7. The van der Waals surface area contributed by atoms with Gasteiger partial charge in [-0.05, 0) is 42.8 Å². The molecular weight excluding hydrogens is 372 g/mol.